The molecule has 0 unspecified atom stereocenters. The Morgan fingerprint density at radius 1 is 1.26 bits per heavy atom. The average Bonchev–Trinajstić information content (AvgIpc) is 3.08. The lowest BCUT2D eigenvalue weighted by molar-refractivity contribution is 0.0729. The van der Waals surface area contributed by atoms with Gasteiger partial charge < -0.3 is 9.47 Å². The van der Waals surface area contributed by atoms with Crippen molar-refractivity contribution in [1.82, 2.24) is 4.98 Å². The van der Waals surface area contributed by atoms with Crippen LogP contribution in [-0.4, -0.2) is 24.3 Å². The van der Waals surface area contributed by atoms with Crippen molar-refractivity contribution < 1.29 is 14.3 Å². The van der Waals surface area contributed by atoms with Crippen LogP contribution < -0.4 is 14.9 Å². The van der Waals surface area contributed by atoms with E-state index in [0.29, 0.717) is 17.1 Å². The van der Waals surface area contributed by atoms with E-state index in [2.05, 4.69) is 31.4 Å². The Hall–Kier alpha value is -2.71. The van der Waals surface area contributed by atoms with Crippen LogP contribution in [0.4, 0.5) is 5.13 Å². The van der Waals surface area contributed by atoms with Crippen LogP contribution in [0.1, 0.15) is 21.6 Å². The Labute approximate surface area is 169 Å². The highest BCUT2D eigenvalue weighted by molar-refractivity contribution is 9.10. The number of nitrogens with one attached hydrogen (secondary N) is 1. The number of thiazole rings is 1. The van der Waals surface area contributed by atoms with Gasteiger partial charge >= 0.3 is 5.97 Å². The summed E-state index contributed by atoms with van der Waals surface area (Å²) in [7, 11) is 1.52. The van der Waals surface area contributed by atoms with Crippen molar-refractivity contribution >= 4 is 44.6 Å². The number of carbonyl (C=O) groups is 1. The maximum absolute atomic E-state index is 12.3. The molecular formula is C19H16BrN3O3S. The predicted octanol–water partition coefficient (Wildman–Crippen LogP) is 4.89. The monoisotopic (exact) mass is 445 g/mol. The van der Waals surface area contributed by atoms with Gasteiger partial charge in [0.2, 0.25) is 5.13 Å². The van der Waals surface area contributed by atoms with Gasteiger partial charge in [-0.15, -0.1) is 11.3 Å². The number of hydrogen-bond acceptors (Lipinski definition) is 7. The van der Waals surface area contributed by atoms with Crippen LogP contribution in [0.25, 0.3) is 0 Å². The quantitative estimate of drug-likeness (QED) is 0.253. The highest BCUT2D eigenvalue weighted by atomic mass is 79.9. The van der Waals surface area contributed by atoms with E-state index in [0.717, 1.165) is 20.9 Å². The van der Waals surface area contributed by atoms with Gasteiger partial charge in [-0.25, -0.2) is 9.78 Å². The second-order valence-corrected chi connectivity index (χ2v) is 7.25. The third kappa shape index (κ3) is 5.15. The number of aryl methyl sites for hydroxylation is 1. The number of esters is 1. The zero-order chi connectivity index (χ0) is 19.2. The smallest absolute Gasteiger partial charge is 0.343 e. The summed E-state index contributed by atoms with van der Waals surface area (Å²) < 4.78 is 11.6. The Morgan fingerprint density at radius 3 is 2.81 bits per heavy atom. The second kappa shape index (κ2) is 8.79. The van der Waals surface area contributed by atoms with Gasteiger partial charge in [0.05, 0.1) is 24.6 Å². The van der Waals surface area contributed by atoms with Crippen LogP contribution in [0.2, 0.25) is 0 Å². The van der Waals surface area contributed by atoms with Gasteiger partial charge in [-0.2, -0.15) is 5.10 Å². The molecule has 8 heteroatoms. The van der Waals surface area contributed by atoms with Crippen LogP contribution in [0.15, 0.2) is 57.4 Å². The third-order valence-corrected chi connectivity index (χ3v) is 4.80. The standard InChI is InChI=1S/C19H16BrN3O3S/c1-12-11-27-19(22-12)23-21-10-13-6-7-16(17(8-13)25-2)26-18(24)14-4-3-5-15(20)9-14/h3-11H,1-2H3,(H,22,23). The van der Waals surface area contributed by atoms with E-state index in [1.54, 1.807) is 42.6 Å². The number of rotatable bonds is 6. The fraction of sp³-hybridized carbons (Fsp3) is 0.105. The Morgan fingerprint density at radius 2 is 2.11 bits per heavy atom. The summed E-state index contributed by atoms with van der Waals surface area (Å²) in [5.41, 5.74) is 5.04. The summed E-state index contributed by atoms with van der Waals surface area (Å²) in [6.45, 7) is 1.92. The molecule has 1 heterocycles. The Kier molecular flexibility index (Phi) is 6.20. The summed E-state index contributed by atoms with van der Waals surface area (Å²) in [4.78, 5) is 16.6. The fourth-order valence-electron chi connectivity index (χ4n) is 2.19. The van der Waals surface area contributed by atoms with Crippen LogP contribution in [-0.2, 0) is 0 Å². The number of hydrogen-bond donors (Lipinski definition) is 1. The molecule has 27 heavy (non-hydrogen) atoms. The van der Waals surface area contributed by atoms with Gasteiger partial charge in [0.15, 0.2) is 11.5 Å². The van der Waals surface area contributed by atoms with Crippen molar-refractivity contribution in [1.29, 1.82) is 0 Å². The summed E-state index contributed by atoms with van der Waals surface area (Å²) in [6.07, 6.45) is 1.64. The van der Waals surface area contributed by atoms with Gasteiger partial charge in [0.25, 0.3) is 0 Å². The summed E-state index contributed by atoms with van der Waals surface area (Å²) in [6, 6.07) is 12.2. The normalized spacial score (nSPS) is 10.8. The maximum atomic E-state index is 12.3. The topological polar surface area (TPSA) is 72.8 Å². The maximum Gasteiger partial charge on any atom is 0.343 e. The number of nitrogens with zero attached hydrogens (tertiary/aromatic N) is 2. The van der Waals surface area contributed by atoms with Crippen LogP contribution in [0.5, 0.6) is 11.5 Å². The first-order chi connectivity index (χ1) is 13.0. The minimum absolute atomic E-state index is 0.336. The first-order valence-electron chi connectivity index (χ1n) is 7.92. The Balaban J connectivity index is 1.71. The molecule has 3 aromatic rings. The largest absolute Gasteiger partial charge is 0.493 e. The van der Waals surface area contributed by atoms with E-state index < -0.39 is 5.97 Å². The average molecular weight is 446 g/mol. The van der Waals surface area contributed by atoms with E-state index in [4.69, 9.17) is 9.47 Å². The molecule has 0 aliphatic carbocycles. The number of carbonyl (C=O) groups excluding carboxylic acids is 1. The Bertz CT molecular complexity index is 988. The summed E-state index contributed by atoms with van der Waals surface area (Å²) >= 11 is 4.82. The van der Waals surface area contributed by atoms with Crippen molar-refractivity contribution in [2.75, 3.05) is 12.5 Å². The lowest BCUT2D eigenvalue weighted by atomic mass is 10.2. The molecule has 0 saturated heterocycles. The zero-order valence-electron chi connectivity index (χ0n) is 14.6. The van der Waals surface area contributed by atoms with Gasteiger partial charge in [0.1, 0.15) is 0 Å². The van der Waals surface area contributed by atoms with E-state index in [-0.39, 0.29) is 0 Å². The van der Waals surface area contributed by atoms with Crippen molar-refractivity contribution in [2.24, 2.45) is 5.10 Å². The van der Waals surface area contributed by atoms with Crippen LogP contribution >= 0.6 is 27.3 Å². The molecule has 138 valence electrons. The molecule has 3 rings (SSSR count). The second-order valence-electron chi connectivity index (χ2n) is 5.47. The molecule has 2 aromatic carbocycles. The van der Waals surface area contributed by atoms with E-state index in [1.807, 2.05) is 18.4 Å². The molecule has 0 aliphatic heterocycles. The van der Waals surface area contributed by atoms with Crippen LogP contribution in [0.3, 0.4) is 0 Å². The number of hydrazone groups is 1. The minimum Gasteiger partial charge on any atom is -0.493 e. The van der Waals surface area contributed by atoms with Gasteiger partial charge in [0, 0.05) is 9.85 Å². The zero-order valence-corrected chi connectivity index (χ0v) is 17.0. The molecule has 6 nitrogen and oxygen atoms in total. The molecule has 0 spiro atoms. The molecule has 1 N–H and O–H groups in total. The molecule has 0 fully saturated rings. The predicted molar refractivity (Wildman–Crippen MR) is 110 cm³/mol. The molecule has 1 aromatic heterocycles. The SMILES string of the molecule is COc1cc(C=NNc2nc(C)cs2)ccc1OC(=O)c1cccc(Br)c1. The van der Waals surface area contributed by atoms with Crippen molar-refractivity contribution in [3.05, 3.63) is 69.1 Å². The number of methoxy groups -OCH3 is 1. The van der Waals surface area contributed by atoms with E-state index in [1.165, 1.54) is 18.4 Å². The number of halogens is 1. The van der Waals surface area contributed by atoms with Gasteiger partial charge in [-0.1, -0.05) is 22.0 Å². The first-order valence-corrected chi connectivity index (χ1v) is 9.59. The fourth-order valence-corrected chi connectivity index (χ4v) is 3.23. The molecule has 0 bridgehead atoms. The van der Waals surface area contributed by atoms with Gasteiger partial charge in [-0.05, 0) is 48.9 Å². The van der Waals surface area contributed by atoms with Crippen molar-refractivity contribution in [3.63, 3.8) is 0 Å². The molecule has 0 saturated carbocycles. The highest BCUT2D eigenvalue weighted by Crippen LogP contribution is 2.28. The van der Waals surface area contributed by atoms with Gasteiger partial charge in [-0.3, -0.25) is 5.43 Å². The lowest BCUT2D eigenvalue weighted by Crippen LogP contribution is -2.09. The molecule has 0 amide bonds. The summed E-state index contributed by atoms with van der Waals surface area (Å²) in [5, 5.41) is 6.81. The summed E-state index contributed by atoms with van der Waals surface area (Å²) in [5.74, 6) is 0.312. The minimum atomic E-state index is -0.461. The number of ether oxygens (including phenoxy) is 2. The molecule has 0 aliphatic rings. The highest BCUT2D eigenvalue weighted by Gasteiger charge is 2.13. The van der Waals surface area contributed by atoms with E-state index in [9.17, 15) is 4.79 Å². The first kappa shape index (κ1) is 19.1. The molecule has 0 atom stereocenters. The third-order valence-electron chi connectivity index (χ3n) is 3.44. The van der Waals surface area contributed by atoms with Crippen molar-refractivity contribution in [2.45, 2.75) is 6.92 Å². The molecular weight excluding hydrogens is 430 g/mol. The van der Waals surface area contributed by atoms with E-state index >= 15 is 0 Å². The van der Waals surface area contributed by atoms with Crippen molar-refractivity contribution in [3.8, 4) is 11.5 Å². The van der Waals surface area contributed by atoms with Crippen LogP contribution in [0, 0.1) is 6.92 Å². The number of anilines is 1. The lowest BCUT2D eigenvalue weighted by Gasteiger charge is -2.10. The molecule has 0 radical (unpaired) electrons. The number of benzene rings is 2. The number of aromatic nitrogens is 1.